The lowest BCUT2D eigenvalue weighted by Crippen LogP contribution is -2.32. The van der Waals surface area contributed by atoms with E-state index < -0.39 is 9.84 Å². The summed E-state index contributed by atoms with van der Waals surface area (Å²) in [5.74, 6) is 0.610. The summed E-state index contributed by atoms with van der Waals surface area (Å²) in [7, 11) is -2.89. The van der Waals surface area contributed by atoms with Crippen LogP contribution in [0.2, 0.25) is 0 Å². The van der Waals surface area contributed by atoms with Gasteiger partial charge in [-0.1, -0.05) is 13.0 Å². The molecule has 0 aliphatic carbocycles. The Balaban J connectivity index is 1.78. The Morgan fingerprint density at radius 1 is 1.35 bits per heavy atom. The molecule has 2 saturated heterocycles. The van der Waals surface area contributed by atoms with Gasteiger partial charge in [-0.2, -0.15) is 0 Å². The molecule has 0 saturated carbocycles. The van der Waals surface area contributed by atoms with Gasteiger partial charge in [0.15, 0.2) is 9.84 Å². The van der Waals surface area contributed by atoms with E-state index >= 15 is 0 Å². The number of carbonyl (C=O) groups excluding carboxylic acids is 1. The SMILES string of the molecule is CCc1cccnc1C(=O)N1C[C@@H]2CS(=O)(=O)C[C@@H]2C1. The van der Waals surface area contributed by atoms with Crippen LogP contribution in [0, 0.1) is 11.8 Å². The number of amides is 1. The molecule has 1 aromatic heterocycles. The molecular weight excluding hydrogens is 276 g/mol. The molecule has 3 heterocycles. The summed E-state index contributed by atoms with van der Waals surface area (Å²) in [6.07, 6.45) is 2.40. The molecule has 1 amide bonds. The van der Waals surface area contributed by atoms with Crippen molar-refractivity contribution in [2.24, 2.45) is 11.8 Å². The van der Waals surface area contributed by atoms with Crippen LogP contribution >= 0.6 is 0 Å². The number of sulfone groups is 1. The Morgan fingerprint density at radius 2 is 2.00 bits per heavy atom. The average molecular weight is 294 g/mol. The quantitative estimate of drug-likeness (QED) is 0.807. The number of rotatable bonds is 2. The molecule has 20 heavy (non-hydrogen) atoms. The summed E-state index contributed by atoms with van der Waals surface area (Å²) in [6.45, 7) is 3.09. The summed E-state index contributed by atoms with van der Waals surface area (Å²) in [5.41, 5.74) is 1.46. The fourth-order valence-electron chi connectivity index (χ4n) is 3.27. The van der Waals surface area contributed by atoms with Gasteiger partial charge in [0.25, 0.3) is 5.91 Å². The van der Waals surface area contributed by atoms with Crippen LogP contribution in [-0.2, 0) is 16.3 Å². The van der Waals surface area contributed by atoms with Gasteiger partial charge in [0.1, 0.15) is 5.69 Å². The number of carbonyl (C=O) groups is 1. The van der Waals surface area contributed by atoms with Crippen LogP contribution in [0.1, 0.15) is 23.0 Å². The summed E-state index contributed by atoms with van der Waals surface area (Å²) in [4.78, 5) is 18.5. The van der Waals surface area contributed by atoms with Crippen molar-refractivity contribution in [2.45, 2.75) is 13.3 Å². The second-order valence-corrected chi connectivity index (χ2v) is 7.83. The fraction of sp³-hybridized carbons (Fsp3) is 0.571. The second kappa shape index (κ2) is 4.84. The van der Waals surface area contributed by atoms with Crippen molar-refractivity contribution in [3.8, 4) is 0 Å². The minimum absolute atomic E-state index is 0.0609. The average Bonchev–Trinajstić information content (AvgIpc) is 2.91. The maximum atomic E-state index is 12.5. The lowest BCUT2D eigenvalue weighted by Gasteiger charge is -2.18. The number of hydrogen-bond acceptors (Lipinski definition) is 4. The largest absolute Gasteiger partial charge is 0.337 e. The standard InChI is InChI=1S/C14H18N2O3S/c1-2-10-4-3-5-15-13(10)14(17)16-6-11-8-20(18,19)9-12(11)7-16/h3-5,11-12H,2,6-9H2,1H3/t11-,12+. The first-order valence-corrected chi connectivity index (χ1v) is 8.76. The van der Waals surface area contributed by atoms with Crippen LogP contribution in [0.25, 0.3) is 0 Å². The molecule has 0 bridgehead atoms. The van der Waals surface area contributed by atoms with E-state index in [0.29, 0.717) is 18.8 Å². The molecule has 1 aromatic rings. The van der Waals surface area contributed by atoms with Gasteiger partial charge in [0.2, 0.25) is 0 Å². The minimum atomic E-state index is -2.89. The monoisotopic (exact) mass is 294 g/mol. The first kappa shape index (κ1) is 13.5. The highest BCUT2D eigenvalue weighted by atomic mass is 32.2. The normalized spacial score (nSPS) is 27.6. The Bertz CT molecular complexity index is 622. The Hall–Kier alpha value is -1.43. The third-order valence-corrected chi connectivity index (χ3v) is 6.15. The topological polar surface area (TPSA) is 67.3 Å². The maximum absolute atomic E-state index is 12.5. The van der Waals surface area contributed by atoms with Crippen LogP contribution in [0.3, 0.4) is 0 Å². The molecule has 108 valence electrons. The van der Waals surface area contributed by atoms with E-state index in [1.165, 1.54) is 0 Å². The van der Waals surface area contributed by atoms with E-state index in [-0.39, 0.29) is 29.2 Å². The van der Waals surface area contributed by atoms with Crippen molar-refractivity contribution < 1.29 is 13.2 Å². The zero-order chi connectivity index (χ0) is 14.3. The van der Waals surface area contributed by atoms with Gasteiger partial charge in [-0.05, 0) is 29.9 Å². The van der Waals surface area contributed by atoms with E-state index in [2.05, 4.69) is 4.98 Å². The van der Waals surface area contributed by atoms with Gasteiger partial charge in [0.05, 0.1) is 11.5 Å². The number of fused-ring (bicyclic) bond motifs is 1. The molecule has 0 aromatic carbocycles. The summed E-state index contributed by atoms with van der Waals surface area (Å²) < 4.78 is 23.2. The molecule has 2 fully saturated rings. The second-order valence-electron chi connectivity index (χ2n) is 5.67. The molecule has 2 aliphatic rings. The van der Waals surface area contributed by atoms with Crippen molar-refractivity contribution >= 4 is 15.7 Å². The lowest BCUT2D eigenvalue weighted by atomic mass is 10.0. The van der Waals surface area contributed by atoms with Gasteiger partial charge in [-0.25, -0.2) is 8.42 Å². The van der Waals surface area contributed by atoms with Crippen LogP contribution < -0.4 is 0 Å². The third-order valence-electron chi connectivity index (χ3n) is 4.27. The van der Waals surface area contributed by atoms with Crippen molar-refractivity contribution in [2.75, 3.05) is 24.6 Å². The number of aryl methyl sites for hydroxylation is 1. The van der Waals surface area contributed by atoms with Crippen molar-refractivity contribution in [1.82, 2.24) is 9.88 Å². The van der Waals surface area contributed by atoms with Crippen molar-refractivity contribution in [1.29, 1.82) is 0 Å². The predicted octanol–water partition coefficient (Wildman–Crippen LogP) is 0.761. The minimum Gasteiger partial charge on any atom is -0.337 e. The predicted molar refractivity (Wildman–Crippen MR) is 75.2 cm³/mol. The van der Waals surface area contributed by atoms with Gasteiger partial charge in [-0.3, -0.25) is 9.78 Å². The van der Waals surface area contributed by atoms with Gasteiger partial charge >= 0.3 is 0 Å². The van der Waals surface area contributed by atoms with Crippen LogP contribution in [0.15, 0.2) is 18.3 Å². The molecule has 5 nitrogen and oxygen atoms in total. The Kier molecular flexibility index (Phi) is 3.28. The first-order valence-electron chi connectivity index (χ1n) is 6.94. The van der Waals surface area contributed by atoms with E-state index in [1.54, 1.807) is 11.1 Å². The molecule has 0 unspecified atom stereocenters. The third kappa shape index (κ3) is 2.32. The highest BCUT2D eigenvalue weighted by molar-refractivity contribution is 7.91. The zero-order valence-electron chi connectivity index (χ0n) is 11.4. The van der Waals surface area contributed by atoms with E-state index in [0.717, 1.165) is 12.0 Å². The molecule has 3 rings (SSSR count). The summed E-state index contributed by atoms with van der Waals surface area (Å²) in [6, 6.07) is 3.75. The summed E-state index contributed by atoms with van der Waals surface area (Å²) >= 11 is 0. The molecular formula is C14H18N2O3S. The van der Waals surface area contributed by atoms with Crippen molar-refractivity contribution in [3.05, 3.63) is 29.6 Å². The number of nitrogens with zero attached hydrogens (tertiary/aromatic N) is 2. The van der Waals surface area contributed by atoms with Crippen LogP contribution in [0.5, 0.6) is 0 Å². The van der Waals surface area contributed by atoms with E-state index in [4.69, 9.17) is 0 Å². The van der Waals surface area contributed by atoms with Crippen LogP contribution in [-0.4, -0.2) is 48.8 Å². The number of hydrogen-bond donors (Lipinski definition) is 0. The maximum Gasteiger partial charge on any atom is 0.272 e. The van der Waals surface area contributed by atoms with E-state index in [1.807, 2.05) is 19.1 Å². The molecule has 0 N–H and O–H groups in total. The van der Waals surface area contributed by atoms with Gasteiger partial charge < -0.3 is 4.90 Å². The molecule has 0 radical (unpaired) electrons. The first-order chi connectivity index (χ1) is 9.50. The smallest absolute Gasteiger partial charge is 0.272 e. The highest BCUT2D eigenvalue weighted by Crippen LogP contribution is 2.33. The highest BCUT2D eigenvalue weighted by Gasteiger charge is 2.45. The van der Waals surface area contributed by atoms with E-state index in [9.17, 15) is 13.2 Å². The molecule has 2 aliphatic heterocycles. The molecule has 6 heteroatoms. The number of likely N-dealkylation sites (tertiary alicyclic amines) is 1. The van der Waals surface area contributed by atoms with Gasteiger partial charge in [0, 0.05) is 19.3 Å². The fourth-order valence-corrected chi connectivity index (χ4v) is 5.46. The number of aromatic nitrogens is 1. The van der Waals surface area contributed by atoms with Gasteiger partial charge in [-0.15, -0.1) is 0 Å². The Morgan fingerprint density at radius 3 is 2.60 bits per heavy atom. The Labute approximate surface area is 118 Å². The number of pyridine rings is 1. The zero-order valence-corrected chi connectivity index (χ0v) is 12.3. The van der Waals surface area contributed by atoms with Crippen LogP contribution in [0.4, 0.5) is 0 Å². The molecule has 0 spiro atoms. The lowest BCUT2D eigenvalue weighted by molar-refractivity contribution is 0.0777. The molecule has 2 atom stereocenters. The van der Waals surface area contributed by atoms with Crippen molar-refractivity contribution in [3.63, 3.8) is 0 Å². The summed E-state index contributed by atoms with van der Waals surface area (Å²) in [5, 5.41) is 0.